The Balaban J connectivity index is 2.21. The number of anilines is 1. The number of amides is 1. The van der Waals surface area contributed by atoms with E-state index in [1.54, 1.807) is 24.3 Å². The Morgan fingerprint density at radius 1 is 1.33 bits per heavy atom. The normalized spacial score (nSPS) is 10.9. The van der Waals surface area contributed by atoms with Crippen LogP contribution in [0.15, 0.2) is 42.7 Å². The fourth-order valence-electron chi connectivity index (χ4n) is 1.72. The van der Waals surface area contributed by atoms with Crippen molar-refractivity contribution in [1.29, 1.82) is 0 Å². The standard InChI is InChI=1S/C15H16ClN3O4S/c1-2-7-18-15(20)24(21,22)19-13-10-17-8-6-14(13)23-12-5-3-4-11(16)9-12/h3-6,8-10,19H,2,7H2,1H3,(H,18,20). The van der Waals surface area contributed by atoms with Crippen molar-refractivity contribution in [3.8, 4) is 11.5 Å². The molecule has 0 bridgehead atoms. The van der Waals surface area contributed by atoms with Crippen LogP contribution in [0.4, 0.5) is 10.5 Å². The molecule has 2 N–H and O–H groups in total. The molecule has 1 amide bonds. The second-order valence-corrected chi connectivity index (χ2v) is 6.77. The highest BCUT2D eigenvalue weighted by Crippen LogP contribution is 2.30. The summed E-state index contributed by atoms with van der Waals surface area (Å²) in [4.78, 5) is 15.5. The zero-order valence-corrected chi connectivity index (χ0v) is 14.4. The van der Waals surface area contributed by atoms with E-state index in [0.29, 0.717) is 17.2 Å². The number of pyridine rings is 1. The van der Waals surface area contributed by atoms with Gasteiger partial charge in [-0.3, -0.25) is 14.5 Å². The molecule has 0 radical (unpaired) electrons. The van der Waals surface area contributed by atoms with Crippen LogP contribution in [0.5, 0.6) is 11.5 Å². The molecule has 1 aromatic heterocycles. The van der Waals surface area contributed by atoms with Crippen molar-refractivity contribution in [2.24, 2.45) is 0 Å². The van der Waals surface area contributed by atoms with E-state index in [1.807, 2.05) is 6.92 Å². The molecule has 0 aliphatic heterocycles. The van der Waals surface area contributed by atoms with Gasteiger partial charge in [0.1, 0.15) is 11.4 Å². The first-order valence-electron chi connectivity index (χ1n) is 7.10. The molecule has 7 nitrogen and oxygen atoms in total. The van der Waals surface area contributed by atoms with Gasteiger partial charge in [-0.05, 0) is 24.6 Å². The van der Waals surface area contributed by atoms with E-state index in [1.165, 1.54) is 18.5 Å². The minimum Gasteiger partial charge on any atom is -0.455 e. The summed E-state index contributed by atoms with van der Waals surface area (Å²) in [6.45, 7) is 2.08. The summed E-state index contributed by atoms with van der Waals surface area (Å²) in [5.74, 6) is 0.615. The van der Waals surface area contributed by atoms with Gasteiger partial charge in [-0.2, -0.15) is 8.42 Å². The maximum absolute atomic E-state index is 12.0. The molecule has 128 valence electrons. The van der Waals surface area contributed by atoms with Gasteiger partial charge in [0, 0.05) is 23.8 Å². The van der Waals surface area contributed by atoms with E-state index in [2.05, 4.69) is 15.0 Å². The predicted octanol–water partition coefficient (Wildman–Crippen LogP) is 3.39. The van der Waals surface area contributed by atoms with Crippen LogP contribution in [0.2, 0.25) is 5.02 Å². The Hall–Kier alpha value is -2.32. The highest BCUT2D eigenvalue weighted by atomic mass is 35.5. The number of rotatable bonds is 6. The number of nitrogens with zero attached hydrogens (tertiary/aromatic N) is 1. The summed E-state index contributed by atoms with van der Waals surface area (Å²) in [6.07, 6.45) is 3.32. The third-order valence-corrected chi connectivity index (χ3v) is 4.17. The molecule has 24 heavy (non-hydrogen) atoms. The first kappa shape index (κ1) is 18.0. The summed E-state index contributed by atoms with van der Waals surface area (Å²) in [7, 11) is -4.25. The van der Waals surface area contributed by atoms with Crippen LogP contribution in [0, 0.1) is 0 Å². The quantitative estimate of drug-likeness (QED) is 0.813. The fourth-order valence-corrected chi connectivity index (χ4v) is 2.73. The molecule has 0 unspecified atom stereocenters. The Labute approximate surface area is 145 Å². The van der Waals surface area contributed by atoms with Crippen LogP contribution in [-0.2, 0) is 10.0 Å². The van der Waals surface area contributed by atoms with Crippen molar-refractivity contribution >= 4 is 32.6 Å². The molecular weight excluding hydrogens is 354 g/mol. The van der Waals surface area contributed by atoms with E-state index < -0.39 is 15.3 Å². The molecule has 1 aromatic carbocycles. The average Bonchev–Trinajstić information content (AvgIpc) is 2.54. The van der Waals surface area contributed by atoms with Gasteiger partial charge < -0.3 is 10.1 Å². The lowest BCUT2D eigenvalue weighted by Crippen LogP contribution is -2.34. The van der Waals surface area contributed by atoms with Gasteiger partial charge in [0.2, 0.25) is 0 Å². The van der Waals surface area contributed by atoms with Gasteiger partial charge in [0.25, 0.3) is 0 Å². The van der Waals surface area contributed by atoms with Crippen molar-refractivity contribution in [3.63, 3.8) is 0 Å². The smallest absolute Gasteiger partial charge is 0.357 e. The van der Waals surface area contributed by atoms with Crippen LogP contribution in [0.1, 0.15) is 13.3 Å². The molecule has 0 saturated carbocycles. The molecule has 0 aliphatic carbocycles. The van der Waals surface area contributed by atoms with E-state index in [0.717, 1.165) is 0 Å². The number of halogens is 1. The largest absolute Gasteiger partial charge is 0.455 e. The highest BCUT2D eigenvalue weighted by molar-refractivity contribution is 8.07. The number of benzene rings is 1. The van der Waals surface area contributed by atoms with Gasteiger partial charge in [0.15, 0.2) is 5.75 Å². The lowest BCUT2D eigenvalue weighted by Gasteiger charge is -2.12. The minimum atomic E-state index is -4.25. The number of ether oxygens (including phenoxy) is 1. The molecule has 0 saturated heterocycles. The maximum atomic E-state index is 12.0. The minimum absolute atomic E-state index is 0.0455. The van der Waals surface area contributed by atoms with Gasteiger partial charge in [0.05, 0.1) is 6.20 Å². The Kier molecular flexibility index (Phi) is 5.99. The zero-order chi connectivity index (χ0) is 17.6. The lowest BCUT2D eigenvalue weighted by atomic mass is 10.3. The van der Waals surface area contributed by atoms with Crippen molar-refractivity contribution in [2.45, 2.75) is 13.3 Å². The second-order valence-electron chi connectivity index (χ2n) is 4.75. The van der Waals surface area contributed by atoms with Crippen molar-refractivity contribution in [1.82, 2.24) is 10.3 Å². The molecular formula is C15H16ClN3O4S. The molecule has 2 rings (SSSR count). The van der Waals surface area contributed by atoms with Crippen molar-refractivity contribution in [3.05, 3.63) is 47.7 Å². The Bertz CT molecular complexity index is 827. The molecule has 1 heterocycles. The first-order chi connectivity index (χ1) is 11.4. The molecule has 2 aromatic rings. The number of carbonyl (C=O) groups excluding carboxylic acids is 1. The van der Waals surface area contributed by atoms with Crippen LogP contribution in [-0.4, -0.2) is 25.2 Å². The van der Waals surface area contributed by atoms with Crippen molar-refractivity contribution in [2.75, 3.05) is 11.3 Å². The molecule has 0 atom stereocenters. The number of carbonyl (C=O) groups is 1. The van der Waals surface area contributed by atoms with Crippen LogP contribution in [0.3, 0.4) is 0 Å². The SMILES string of the molecule is CCCNC(=O)S(=O)(=O)Nc1cnccc1Oc1cccc(Cl)c1. The number of aromatic nitrogens is 1. The topological polar surface area (TPSA) is 97.4 Å². The second kappa shape index (κ2) is 7.98. The van der Waals surface area contributed by atoms with Gasteiger partial charge >= 0.3 is 15.3 Å². The maximum Gasteiger partial charge on any atom is 0.357 e. The van der Waals surface area contributed by atoms with E-state index in [9.17, 15) is 13.2 Å². The summed E-state index contributed by atoms with van der Waals surface area (Å²) >= 11 is 5.89. The molecule has 0 aliphatic rings. The van der Waals surface area contributed by atoms with Gasteiger partial charge in [-0.1, -0.05) is 24.6 Å². The molecule has 9 heteroatoms. The highest BCUT2D eigenvalue weighted by Gasteiger charge is 2.23. The summed E-state index contributed by atoms with van der Waals surface area (Å²) < 4.78 is 31.9. The third-order valence-electron chi connectivity index (χ3n) is 2.81. The number of nitrogens with one attached hydrogen (secondary N) is 2. The van der Waals surface area contributed by atoms with Gasteiger partial charge in [-0.25, -0.2) is 0 Å². The zero-order valence-electron chi connectivity index (χ0n) is 12.8. The number of sulfonamides is 1. The monoisotopic (exact) mass is 369 g/mol. The third kappa shape index (κ3) is 4.84. The molecule has 0 fully saturated rings. The van der Waals surface area contributed by atoms with Crippen molar-refractivity contribution < 1.29 is 17.9 Å². The summed E-state index contributed by atoms with van der Waals surface area (Å²) in [5, 5.41) is 1.67. The lowest BCUT2D eigenvalue weighted by molar-refractivity contribution is 0.258. The number of hydrogen-bond acceptors (Lipinski definition) is 5. The van der Waals surface area contributed by atoms with E-state index in [-0.39, 0.29) is 18.0 Å². The Morgan fingerprint density at radius 2 is 2.12 bits per heavy atom. The summed E-state index contributed by atoms with van der Waals surface area (Å²) in [6, 6.07) is 8.10. The van der Waals surface area contributed by atoms with Crippen LogP contribution in [0.25, 0.3) is 0 Å². The van der Waals surface area contributed by atoms with Crippen LogP contribution < -0.4 is 14.8 Å². The first-order valence-corrected chi connectivity index (χ1v) is 8.96. The van der Waals surface area contributed by atoms with Crippen LogP contribution >= 0.6 is 11.6 Å². The Morgan fingerprint density at radius 3 is 2.83 bits per heavy atom. The van der Waals surface area contributed by atoms with E-state index in [4.69, 9.17) is 16.3 Å². The summed E-state index contributed by atoms with van der Waals surface area (Å²) in [5.41, 5.74) is 0.0455. The molecule has 0 spiro atoms. The number of hydrogen-bond donors (Lipinski definition) is 2. The van der Waals surface area contributed by atoms with Gasteiger partial charge in [-0.15, -0.1) is 0 Å². The average molecular weight is 370 g/mol. The fraction of sp³-hybridized carbons (Fsp3) is 0.200. The van der Waals surface area contributed by atoms with E-state index >= 15 is 0 Å². The predicted molar refractivity (Wildman–Crippen MR) is 92.0 cm³/mol.